The number of hydrogen-bond acceptors (Lipinski definition) is 2. The second kappa shape index (κ2) is 6.80. The van der Waals surface area contributed by atoms with Crippen LogP contribution >= 0.6 is 15.9 Å². The Hall–Kier alpha value is -1.01. The first-order valence-electron chi connectivity index (χ1n) is 5.41. The van der Waals surface area contributed by atoms with Crippen LogP contribution in [0.5, 0.6) is 0 Å². The van der Waals surface area contributed by atoms with Gasteiger partial charge in [-0.15, -0.1) is 0 Å². The number of nitrogens with one attached hydrogen (secondary N) is 1. The van der Waals surface area contributed by atoms with Crippen LogP contribution in [0.1, 0.15) is 19.8 Å². The summed E-state index contributed by atoms with van der Waals surface area (Å²) in [6.45, 7) is 1.83. The Kier molecular flexibility index (Phi) is 5.68. The summed E-state index contributed by atoms with van der Waals surface area (Å²) < 4.78 is 31.6. The van der Waals surface area contributed by atoms with Gasteiger partial charge < -0.3 is 10.1 Å². The normalized spacial score (nSPS) is 12.3. The summed E-state index contributed by atoms with van der Waals surface area (Å²) in [5, 5.41) is 2.33. The van der Waals surface area contributed by atoms with Crippen molar-refractivity contribution in [2.45, 2.75) is 25.9 Å². The van der Waals surface area contributed by atoms with Gasteiger partial charge in [-0.1, -0.05) is 0 Å². The number of rotatable bonds is 5. The summed E-state index contributed by atoms with van der Waals surface area (Å²) >= 11 is 2.86. The van der Waals surface area contributed by atoms with E-state index in [2.05, 4.69) is 21.2 Å². The predicted molar refractivity (Wildman–Crippen MR) is 68.4 cm³/mol. The molecule has 0 heterocycles. The number of methoxy groups -OCH3 is 1. The van der Waals surface area contributed by atoms with Crippen molar-refractivity contribution < 1.29 is 18.3 Å². The maximum atomic E-state index is 13.4. The number of carbonyl (C=O) groups excluding carboxylic acids is 1. The summed E-state index contributed by atoms with van der Waals surface area (Å²) in [7, 11) is 1.55. The Balaban J connectivity index is 2.62. The molecular formula is C12H14BrF2NO2. The Morgan fingerprint density at radius 3 is 2.72 bits per heavy atom. The van der Waals surface area contributed by atoms with Crippen LogP contribution in [-0.4, -0.2) is 19.1 Å². The van der Waals surface area contributed by atoms with E-state index < -0.39 is 11.6 Å². The second-order valence-corrected chi connectivity index (χ2v) is 4.73. The first-order valence-corrected chi connectivity index (χ1v) is 6.20. The molecule has 3 nitrogen and oxygen atoms in total. The summed E-state index contributed by atoms with van der Waals surface area (Å²) in [4.78, 5) is 11.5. The van der Waals surface area contributed by atoms with E-state index >= 15 is 0 Å². The molecule has 18 heavy (non-hydrogen) atoms. The van der Waals surface area contributed by atoms with Gasteiger partial charge in [-0.05, 0) is 35.3 Å². The Morgan fingerprint density at radius 2 is 2.11 bits per heavy atom. The van der Waals surface area contributed by atoms with Crippen LogP contribution in [0, 0.1) is 11.6 Å². The van der Waals surface area contributed by atoms with Crippen molar-refractivity contribution >= 4 is 27.5 Å². The lowest BCUT2D eigenvalue weighted by Crippen LogP contribution is -2.16. The van der Waals surface area contributed by atoms with Crippen molar-refractivity contribution in [1.29, 1.82) is 0 Å². The maximum Gasteiger partial charge on any atom is 0.224 e. The van der Waals surface area contributed by atoms with E-state index in [1.165, 1.54) is 0 Å². The van der Waals surface area contributed by atoms with E-state index in [1.807, 2.05) is 6.92 Å². The molecule has 0 saturated carbocycles. The first-order chi connectivity index (χ1) is 8.43. The van der Waals surface area contributed by atoms with Gasteiger partial charge in [-0.3, -0.25) is 4.79 Å². The molecule has 0 fully saturated rings. The number of amides is 1. The molecule has 1 aromatic rings. The van der Waals surface area contributed by atoms with Crippen LogP contribution in [0.3, 0.4) is 0 Å². The Morgan fingerprint density at radius 1 is 1.44 bits per heavy atom. The quantitative estimate of drug-likeness (QED) is 0.843. The average molecular weight is 322 g/mol. The van der Waals surface area contributed by atoms with Gasteiger partial charge in [0.05, 0.1) is 16.3 Å². The summed E-state index contributed by atoms with van der Waals surface area (Å²) in [6.07, 6.45) is 0.650. The topological polar surface area (TPSA) is 38.3 Å². The summed E-state index contributed by atoms with van der Waals surface area (Å²) in [5.41, 5.74) is -0.161. The number of anilines is 1. The van der Waals surface area contributed by atoms with E-state index in [9.17, 15) is 13.6 Å². The van der Waals surface area contributed by atoms with E-state index in [0.717, 1.165) is 12.1 Å². The van der Waals surface area contributed by atoms with Crippen LogP contribution in [0.2, 0.25) is 0 Å². The highest BCUT2D eigenvalue weighted by Crippen LogP contribution is 2.23. The molecule has 6 heteroatoms. The standard InChI is InChI=1S/C12H14BrF2NO2/c1-7(18-2)3-4-12(17)16-11-6-9(14)8(13)5-10(11)15/h5-7H,3-4H2,1-2H3,(H,16,17). The van der Waals surface area contributed by atoms with Gasteiger partial charge in [-0.2, -0.15) is 0 Å². The molecule has 1 amide bonds. The molecule has 0 aliphatic carbocycles. The van der Waals surface area contributed by atoms with Gasteiger partial charge in [0.2, 0.25) is 5.91 Å². The average Bonchev–Trinajstić information content (AvgIpc) is 2.33. The largest absolute Gasteiger partial charge is 0.382 e. The van der Waals surface area contributed by atoms with E-state index in [1.54, 1.807) is 7.11 Å². The van der Waals surface area contributed by atoms with Gasteiger partial charge >= 0.3 is 0 Å². The fourth-order valence-corrected chi connectivity index (χ4v) is 1.60. The third-order valence-electron chi connectivity index (χ3n) is 2.46. The highest BCUT2D eigenvalue weighted by atomic mass is 79.9. The van der Waals surface area contributed by atoms with Gasteiger partial charge in [0.1, 0.15) is 11.6 Å². The predicted octanol–water partition coefficient (Wildman–Crippen LogP) is 3.48. The van der Waals surface area contributed by atoms with Gasteiger partial charge in [0.25, 0.3) is 0 Å². The van der Waals surface area contributed by atoms with Crippen molar-refractivity contribution in [3.05, 3.63) is 28.2 Å². The highest BCUT2D eigenvalue weighted by molar-refractivity contribution is 9.10. The molecule has 1 unspecified atom stereocenters. The fourth-order valence-electron chi connectivity index (χ4n) is 1.28. The van der Waals surface area contributed by atoms with Crippen LogP contribution in [0.25, 0.3) is 0 Å². The molecule has 1 aromatic carbocycles. The highest BCUT2D eigenvalue weighted by Gasteiger charge is 2.12. The molecule has 0 spiro atoms. The number of ether oxygens (including phenoxy) is 1. The van der Waals surface area contributed by atoms with Crippen LogP contribution in [0.4, 0.5) is 14.5 Å². The third-order valence-corrected chi connectivity index (χ3v) is 3.07. The lowest BCUT2D eigenvalue weighted by molar-refractivity contribution is -0.116. The number of halogens is 3. The molecule has 0 radical (unpaired) electrons. The maximum absolute atomic E-state index is 13.4. The minimum Gasteiger partial charge on any atom is -0.382 e. The molecule has 0 aliphatic rings. The SMILES string of the molecule is COC(C)CCC(=O)Nc1cc(F)c(Br)cc1F. The van der Waals surface area contributed by atoms with Crippen molar-refractivity contribution in [3.8, 4) is 0 Å². The van der Waals surface area contributed by atoms with Crippen LogP contribution < -0.4 is 5.32 Å². The van der Waals surface area contributed by atoms with Crippen LogP contribution in [0.15, 0.2) is 16.6 Å². The molecule has 100 valence electrons. The van der Waals surface area contributed by atoms with Crippen molar-refractivity contribution in [2.24, 2.45) is 0 Å². The third kappa shape index (κ3) is 4.34. The smallest absolute Gasteiger partial charge is 0.224 e. The van der Waals surface area contributed by atoms with E-state index in [4.69, 9.17) is 4.74 Å². The second-order valence-electron chi connectivity index (χ2n) is 3.88. The number of hydrogen-bond donors (Lipinski definition) is 1. The first kappa shape index (κ1) is 15.0. The zero-order chi connectivity index (χ0) is 13.7. The minimum absolute atomic E-state index is 0.0194. The molecule has 0 aromatic heterocycles. The fraction of sp³-hybridized carbons (Fsp3) is 0.417. The Labute approximate surface area is 113 Å². The molecule has 0 aliphatic heterocycles. The van der Waals surface area contributed by atoms with Crippen LogP contribution in [-0.2, 0) is 9.53 Å². The number of carbonyl (C=O) groups is 1. The molecule has 1 N–H and O–H groups in total. The molecule has 0 saturated heterocycles. The van der Waals surface area contributed by atoms with Crippen molar-refractivity contribution in [2.75, 3.05) is 12.4 Å². The molecule has 0 bridgehead atoms. The summed E-state index contributed by atoms with van der Waals surface area (Å²) in [6, 6.07) is 1.92. The van der Waals surface area contributed by atoms with E-state index in [-0.39, 0.29) is 28.6 Å². The van der Waals surface area contributed by atoms with Gasteiger partial charge in [0, 0.05) is 19.6 Å². The van der Waals surface area contributed by atoms with Crippen molar-refractivity contribution in [3.63, 3.8) is 0 Å². The Bertz CT molecular complexity index is 440. The molecular weight excluding hydrogens is 308 g/mol. The van der Waals surface area contributed by atoms with E-state index in [0.29, 0.717) is 6.42 Å². The van der Waals surface area contributed by atoms with Gasteiger partial charge in [-0.25, -0.2) is 8.78 Å². The van der Waals surface area contributed by atoms with Gasteiger partial charge in [0.15, 0.2) is 0 Å². The lowest BCUT2D eigenvalue weighted by atomic mass is 10.2. The summed E-state index contributed by atoms with van der Waals surface area (Å²) in [5.74, 6) is -1.69. The molecule has 1 rings (SSSR count). The monoisotopic (exact) mass is 321 g/mol. The van der Waals surface area contributed by atoms with Crippen molar-refractivity contribution in [1.82, 2.24) is 0 Å². The minimum atomic E-state index is -0.684. The zero-order valence-electron chi connectivity index (χ0n) is 10.1. The zero-order valence-corrected chi connectivity index (χ0v) is 11.7. The number of benzene rings is 1. The molecule has 1 atom stereocenters. The lowest BCUT2D eigenvalue weighted by Gasteiger charge is -2.10.